The van der Waals surface area contributed by atoms with Crippen LogP contribution in [0.2, 0.25) is 0 Å². The van der Waals surface area contributed by atoms with Crippen molar-refractivity contribution in [1.82, 2.24) is 0 Å². The maximum Gasteiger partial charge on any atom is 0.346 e. The average molecular weight is 216 g/mol. The first-order valence-corrected chi connectivity index (χ1v) is 4.23. The summed E-state index contributed by atoms with van der Waals surface area (Å²) in [7, 11) is 1.20. The van der Waals surface area contributed by atoms with E-state index in [1.54, 1.807) is 0 Å². The van der Waals surface area contributed by atoms with Crippen LogP contribution in [0.4, 0.5) is 8.78 Å². The highest BCUT2D eigenvalue weighted by molar-refractivity contribution is 5.74. The van der Waals surface area contributed by atoms with Gasteiger partial charge in [-0.05, 0) is 6.92 Å². The van der Waals surface area contributed by atoms with Gasteiger partial charge in [0.25, 0.3) is 0 Å². The molecule has 0 unspecified atom stereocenters. The molecule has 0 heterocycles. The normalized spacial score (nSPS) is 12.0. The van der Waals surface area contributed by atoms with E-state index in [9.17, 15) is 13.6 Å². The van der Waals surface area contributed by atoms with Crippen LogP contribution in [0, 0.1) is 11.6 Å². The van der Waals surface area contributed by atoms with Crippen LogP contribution in [0.1, 0.15) is 6.92 Å². The van der Waals surface area contributed by atoms with E-state index in [4.69, 9.17) is 4.74 Å². The topological polar surface area (TPSA) is 35.5 Å². The lowest BCUT2D eigenvalue weighted by Crippen LogP contribution is -2.24. The lowest BCUT2D eigenvalue weighted by molar-refractivity contribution is -0.147. The lowest BCUT2D eigenvalue weighted by atomic mass is 10.3. The van der Waals surface area contributed by atoms with Gasteiger partial charge in [0.1, 0.15) is 17.4 Å². The van der Waals surface area contributed by atoms with Gasteiger partial charge in [-0.2, -0.15) is 0 Å². The van der Waals surface area contributed by atoms with Crippen molar-refractivity contribution in [3.05, 3.63) is 29.8 Å². The molecule has 1 aromatic carbocycles. The Morgan fingerprint density at radius 3 is 2.27 bits per heavy atom. The van der Waals surface area contributed by atoms with Gasteiger partial charge >= 0.3 is 5.97 Å². The molecule has 5 heteroatoms. The average Bonchev–Trinajstić information content (AvgIpc) is 2.14. The molecular formula is C10H10F2O3. The Kier molecular flexibility index (Phi) is 3.60. The summed E-state index contributed by atoms with van der Waals surface area (Å²) in [6.07, 6.45) is -0.906. The van der Waals surface area contributed by atoms with Crippen LogP contribution in [0.15, 0.2) is 18.2 Å². The molecule has 0 fully saturated rings. The van der Waals surface area contributed by atoms with Crippen molar-refractivity contribution in [3.8, 4) is 5.75 Å². The van der Waals surface area contributed by atoms with Gasteiger partial charge in [0.15, 0.2) is 6.10 Å². The van der Waals surface area contributed by atoms with Crippen molar-refractivity contribution in [1.29, 1.82) is 0 Å². The number of esters is 1. The van der Waals surface area contributed by atoms with Gasteiger partial charge in [-0.3, -0.25) is 0 Å². The molecule has 0 N–H and O–H groups in total. The Bertz CT molecular complexity index is 345. The summed E-state index contributed by atoms with van der Waals surface area (Å²) in [6, 6.07) is 2.70. The molecule has 0 amide bonds. The van der Waals surface area contributed by atoms with Crippen LogP contribution in [-0.2, 0) is 9.53 Å². The van der Waals surface area contributed by atoms with Crippen LogP contribution < -0.4 is 4.74 Å². The number of halogens is 2. The zero-order chi connectivity index (χ0) is 11.4. The largest absolute Gasteiger partial charge is 0.479 e. The molecule has 0 saturated carbocycles. The summed E-state index contributed by atoms with van der Waals surface area (Å²) in [5.74, 6) is -2.19. The minimum Gasteiger partial charge on any atom is -0.479 e. The monoisotopic (exact) mass is 216 g/mol. The number of carbonyl (C=O) groups excluding carboxylic acids is 1. The van der Waals surface area contributed by atoms with Crippen molar-refractivity contribution in [3.63, 3.8) is 0 Å². The third-order valence-corrected chi connectivity index (χ3v) is 1.68. The van der Waals surface area contributed by atoms with E-state index in [0.717, 1.165) is 18.2 Å². The number of methoxy groups -OCH3 is 1. The number of rotatable bonds is 3. The smallest absolute Gasteiger partial charge is 0.346 e. The number of carbonyl (C=O) groups is 1. The van der Waals surface area contributed by atoms with E-state index < -0.39 is 23.7 Å². The van der Waals surface area contributed by atoms with Crippen molar-refractivity contribution in [2.24, 2.45) is 0 Å². The van der Waals surface area contributed by atoms with Crippen molar-refractivity contribution in [2.45, 2.75) is 13.0 Å². The Morgan fingerprint density at radius 2 is 1.80 bits per heavy atom. The zero-order valence-electron chi connectivity index (χ0n) is 8.29. The molecule has 0 aliphatic rings. The molecule has 3 nitrogen and oxygen atoms in total. The Hall–Kier alpha value is -1.65. The quantitative estimate of drug-likeness (QED) is 0.724. The maximum absolute atomic E-state index is 12.7. The van der Waals surface area contributed by atoms with Crippen molar-refractivity contribution < 1.29 is 23.0 Å². The number of hydrogen-bond donors (Lipinski definition) is 0. The lowest BCUT2D eigenvalue weighted by Gasteiger charge is -2.12. The summed E-state index contributed by atoms with van der Waals surface area (Å²) in [6.45, 7) is 1.43. The van der Waals surface area contributed by atoms with E-state index >= 15 is 0 Å². The van der Waals surface area contributed by atoms with Crippen LogP contribution in [0.3, 0.4) is 0 Å². The number of ether oxygens (including phenoxy) is 2. The molecule has 0 radical (unpaired) electrons. The third-order valence-electron chi connectivity index (χ3n) is 1.68. The third kappa shape index (κ3) is 3.19. The van der Waals surface area contributed by atoms with Gasteiger partial charge in [-0.1, -0.05) is 0 Å². The molecule has 0 aliphatic carbocycles. The fourth-order valence-corrected chi connectivity index (χ4v) is 1.01. The molecule has 15 heavy (non-hydrogen) atoms. The second-order valence-electron chi connectivity index (χ2n) is 2.89. The van der Waals surface area contributed by atoms with Crippen LogP contribution >= 0.6 is 0 Å². The predicted molar refractivity (Wildman–Crippen MR) is 48.5 cm³/mol. The SMILES string of the molecule is COC(=O)[C@H](C)Oc1cc(F)cc(F)c1. The molecule has 1 aromatic rings. The molecule has 0 bridgehead atoms. The molecule has 1 rings (SSSR count). The summed E-state index contributed by atoms with van der Waals surface area (Å²) in [5, 5.41) is 0. The molecule has 82 valence electrons. The molecule has 1 atom stereocenters. The Balaban J connectivity index is 2.76. The molecule has 0 spiro atoms. The van der Waals surface area contributed by atoms with E-state index in [-0.39, 0.29) is 5.75 Å². The predicted octanol–water partition coefficient (Wildman–Crippen LogP) is 1.91. The van der Waals surface area contributed by atoms with Crippen LogP contribution in [-0.4, -0.2) is 19.2 Å². The fourth-order valence-electron chi connectivity index (χ4n) is 1.01. The maximum atomic E-state index is 12.7. The van der Waals surface area contributed by atoms with Gasteiger partial charge in [0.2, 0.25) is 0 Å². The Labute approximate surface area is 85.6 Å². The highest BCUT2D eigenvalue weighted by Crippen LogP contribution is 2.16. The molecule has 0 aliphatic heterocycles. The first kappa shape index (κ1) is 11.4. The highest BCUT2D eigenvalue weighted by Gasteiger charge is 2.15. The first-order chi connectivity index (χ1) is 7.02. The highest BCUT2D eigenvalue weighted by atomic mass is 19.1. The second-order valence-corrected chi connectivity index (χ2v) is 2.89. The van der Waals surface area contributed by atoms with Gasteiger partial charge < -0.3 is 9.47 Å². The summed E-state index contributed by atoms with van der Waals surface area (Å²) in [4.78, 5) is 11.0. The summed E-state index contributed by atoms with van der Waals surface area (Å²) >= 11 is 0. The number of benzene rings is 1. The van der Waals surface area contributed by atoms with Crippen LogP contribution in [0.25, 0.3) is 0 Å². The van der Waals surface area contributed by atoms with Gasteiger partial charge in [0, 0.05) is 18.2 Å². The zero-order valence-corrected chi connectivity index (χ0v) is 8.29. The van der Waals surface area contributed by atoms with E-state index in [2.05, 4.69) is 4.74 Å². The minimum absolute atomic E-state index is 0.0506. The standard InChI is InChI=1S/C10H10F2O3/c1-6(10(13)14-2)15-9-4-7(11)3-8(12)5-9/h3-6H,1-2H3/t6-/m0/s1. The number of hydrogen-bond acceptors (Lipinski definition) is 3. The molecule has 0 aromatic heterocycles. The van der Waals surface area contributed by atoms with E-state index in [1.165, 1.54) is 14.0 Å². The van der Waals surface area contributed by atoms with Crippen molar-refractivity contribution in [2.75, 3.05) is 7.11 Å². The fraction of sp³-hybridized carbons (Fsp3) is 0.300. The van der Waals surface area contributed by atoms with Crippen molar-refractivity contribution >= 4 is 5.97 Å². The molecular weight excluding hydrogens is 206 g/mol. The Morgan fingerprint density at radius 1 is 1.27 bits per heavy atom. The summed E-state index contributed by atoms with van der Waals surface area (Å²) in [5.41, 5.74) is 0. The van der Waals surface area contributed by atoms with Gasteiger partial charge in [0.05, 0.1) is 7.11 Å². The van der Waals surface area contributed by atoms with Crippen LogP contribution in [0.5, 0.6) is 5.75 Å². The van der Waals surface area contributed by atoms with E-state index in [1.807, 2.05) is 0 Å². The summed E-state index contributed by atoms with van der Waals surface area (Å²) < 4.78 is 34.8. The molecule has 0 saturated heterocycles. The van der Waals surface area contributed by atoms with Gasteiger partial charge in [-0.25, -0.2) is 13.6 Å². The second kappa shape index (κ2) is 4.72. The first-order valence-electron chi connectivity index (χ1n) is 4.23. The minimum atomic E-state index is -0.906. The van der Waals surface area contributed by atoms with E-state index in [0.29, 0.717) is 0 Å². The van der Waals surface area contributed by atoms with Gasteiger partial charge in [-0.15, -0.1) is 0 Å².